The summed E-state index contributed by atoms with van der Waals surface area (Å²) >= 11 is 0. The van der Waals surface area contributed by atoms with Crippen LogP contribution in [0.3, 0.4) is 0 Å². The number of nitrogens with one attached hydrogen (secondary N) is 1. The molecule has 0 amide bonds. The number of unbranched alkanes of at least 4 members (excludes halogenated alkanes) is 3. The maximum absolute atomic E-state index is 3.42. The molecule has 0 atom stereocenters. The van der Waals surface area contributed by atoms with Crippen LogP contribution in [0.15, 0.2) is 0 Å². The molecule has 1 heterocycles. The van der Waals surface area contributed by atoms with Crippen molar-refractivity contribution in [3.63, 3.8) is 0 Å². The Bertz CT molecular complexity index is 95.2. The fourth-order valence-electron chi connectivity index (χ4n) is 2.03. The van der Waals surface area contributed by atoms with E-state index in [1.165, 1.54) is 58.0 Å². The Kier molecular flexibility index (Phi) is 5.42. The van der Waals surface area contributed by atoms with Crippen molar-refractivity contribution in [3.05, 3.63) is 0 Å². The molecule has 12 heavy (non-hydrogen) atoms. The average molecular weight is 169 g/mol. The lowest BCUT2D eigenvalue weighted by Gasteiger charge is -2.22. The lowest BCUT2D eigenvalue weighted by Crippen LogP contribution is -2.27. The third-order valence-electron chi connectivity index (χ3n) is 2.92. The quantitative estimate of drug-likeness (QED) is 0.624. The largest absolute Gasteiger partial charge is 0.317 e. The lowest BCUT2D eigenvalue weighted by molar-refractivity contribution is 0.342. The molecule has 0 saturated carbocycles. The Labute approximate surface area is 76.9 Å². The molecular formula is C11H23N. The smallest absolute Gasteiger partial charge is 0.00463 e. The van der Waals surface area contributed by atoms with Crippen molar-refractivity contribution < 1.29 is 0 Å². The molecule has 0 aliphatic carbocycles. The van der Waals surface area contributed by atoms with E-state index in [1.807, 2.05) is 0 Å². The fourth-order valence-corrected chi connectivity index (χ4v) is 2.03. The summed E-state index contributed by atoms with van der Waals surface area (Å²) in [6.07, 6.45) is 10.1. The molecule has 0 bridgehead atoms. The first-order valence-corrected chi connectivity index (χ1v) is 5.64. The van der Waals surface area contributed by atoms with E-state index >= 15 is 0 Å². The van der Waals surface area contributed by atoms with E-state index in [0.717, 1.165) is 5.92 Å². The molecule has 1 nitrogen and oxygen atoms in total. The second-order valence-corrected chi connectivity index (χ2v) is 4.04. The number of hydrogen-bond donors (Lipinski definition) is 1. The Morgan fingerprint density at radius 1 is 1.08 bits per heavy atom. The third kappa shape index (κ3) is 4.10. The summed E-state index contributed by atoms with van der Waals surface area (Å²) in [4.78, 5) is 0. The average Bonchev–Trinajstić information content (AvgIpc) is 2.14. The molecule has 0 aromatic carbocycles. The van der Waals surface area contributed by atoms with Crippen molar-refractivity contribution in [2.45, 2.75) is 51.9 Å². The minimum atomic E-state index is 1.04. The van der Waals surface area contributed by atoms with Crippen molar-refractivity contribution in [2.24, 2.45) is 5.92 Å². The SMILES string of the molecule is CCCCCCC1CCNCC1. The monoisotopic (exact) mass is 169 g/mol. The van der Waals surface area contributed by atoms with Gasteiger partial charge in [0.2, 0.25) is 0 Å². The summed E-state index contributed by atoms with van der Waals surface area (Å²) in [6.45, 7) is 4.81. The van der Waals surface area contributed by atoms with Gasteiger partial charge in [-0.3, -0.25) is 0 Å². The summed E-state index contributed by atoms with van der Waals surface area (Å²) in [5.41, 5.74) is 0. The zero-order chi connectivity index (χ0) is 8.65. The second-order valence-electron chi connectivity index (χ2n) is 4.04. The fraction of sp³-hybridized carbons (Fsp3) is 1.00. The molecule has 1 rings (SSSR count). The van der Waals surface area contributed by atoms with Gasteiger partial charge in [-0.05, 0) is 31.8 Å². The Morgan fingerprint density at radius 2 is 1.83 bits per heavy atom. The van der Waals surface area contributed by atoms with Crippen LogP contribution in [0.5, 0.6) is 0 Å². The number of piperidine rings is 1. The van der Waals surface area contributed by atoms with Crippen LogP contribution in [-0.4, -0.2) is 13.1 Å². The highest BCUT2D eigenvalue weighted by Gasteiger charge is 2.11. The van der Waals surface area contributed by atoms with Gasteiger partial charge >= 0.3 is 0 Å². The first kappa shape index (κ1) is 10.0. The molecule has 1 aliphatic rings. The molecule has 1 fully saturated rings. The molecule has 0 aromatic rings. The first-order valence-electron chi connectivity index (χ1n) is 5.64. The van der Waals surface area contributed by atoms with E-state index in [2.05, 4.69) is 12.2 Å². The van der Waals surface area contributed by atoms with Crippen LogP contribution < -0.4 is 5.32 Å². The number of rotatable bonds is 5. The van der Waals surface area contributed by atoms with Crippen LogP contribution in [-0.2, 0) is 0 Å². The van der Waals surface area contributed by atoms with Gasteiger partial charge in [0.1, 0.15) is 0 Å². The molecule has 0 radical (unpaired) electrons. The summed E-state index contributed by atoms with van der Waals surface area (Å²) in [6, 6.07) is 0. The van der Waals surface area contributed by atoms with E-state index in [1.54, 1.807) is 0 Å². The van der Waals surface area contributed by atoms with Crippen LogP contribution >= 0.6 is 0 Å². The van der Waals surface area contributed by atoms with Crippen molar-refractivity contribution >= 4 is 0 Å². The summed E-state index contributed by atoms with van der Waals surface area (Å²) < 4.78 is 0. The van der Waals surface area contributed by atoms with Crippen LogP contribution in [0.25, 0.3) is 0 Å². The van der Waals surface area contributed by atoms with E-state index in [9.17, 15) is 0 Å². The highest BCUT2D eigenvalue weighted by atomic mass is 14.9. The summed E-state index contributed by atoms with van der Waals surface area (Å²) in [5.74, 6) is 1.04. The molecule has 1 aliphatic heterocycles. The zero-order valence-electron chi connectivity index (χ0n) is 8.44. The predicted octanol–water partition coefficient (Wildman–Crippen LogP) is 2.96. The summed E-state index contributed by atoms with van der Waals surface area (Å²) in [5, 5.41) is 3.42. The van der Waals surface area contributed by atoms with Crippen molar-refractivity contribution in [2.75, 3.05) is 13.1 Å². The Hall–Kier alpha value is -0.0400. The predicted molar refractivity (Wildman–Crippen MR) is 54.4 cm³/mol. The van der Waals surface area contributed by atoms with Crippen LogP contribution in [0.4, 0.5) is 0 Å². The first-order chi connectivity index (χ1) is 5.93. The standard InChI is InChI=1S/C11H23N/c1-2-3-4-5-6-11-7-9-12-10-8-11/h11-12H,2-10H2,1H3. The highest BCUT2D eigenvalue weighted by molar-refractivity contribution is 4.68. The molecular weight excluding hydrogens is 146 g/mol. The highest BCUT2D eigenvalue weighted by Crippen LogP contribution is 2.19. The minimum Gasteiger partial charge on any atom is -0.317 e. The molecule has 1 N–H and O–H groups in total. The third-order valence-corrected chi connectivity index (χ3v) is 2.92. The minimum absolute atomic E-state index is 1.04. The van der Waals surface area contributed by atoms with Gasteiger partial charge in [-0.15, -0.1) is 0 Å². The molecule has 1 heteroatoms. The topological polar surface area (TPSA) is 12.0 Å². The number of hydrogen-bond acceptors (Lipinski definition) is 1. The van der Waals surface area contributed by atoms with E-state index in [-0.39, 0.29) is 0 Å². The molecule has 0 aromatic heterocycles. The van der Waals surface area contributed by atoms with Gasteiger partial charge < -0.3 is 5.32 Å². The Morgan fingerprint density at radius 3 is 2.50 bits per heavy atom. The van der Waals surface area contributed by atoms with Crippen molar-refractivity contribution in [1.82, 2.24) is 5.32 Å². The van der Waals surface area contributed by atoms with Gasteiger partial charge in [0, 0.05) is 0 Å². The summed E-state index contributed by atoms with van der Waals surface area (Å²) in [7, 11) is 0. The molecule has 1 saturated heterocycles. The normalized spacial score (nSPS) is 19.8. The second kappa shape index (κ2) is 6.47. The molecule has 0 unspecified atom stereocenters. The van der Waals surface area contributed by atoms with Crippen LogP contribution in [0, 0.1) is 5.92 Å². The zero-order valence-corrected chi connectivity index (χ0v) is 8.44. The van der Waals surface area contributed by atoms with Gasteiger partial charge in [-0.25, -0.2) is 0 Å². The lowest BCUT2D eigenvalue weighted by atomic mass is 9.92. The van der Waals surface area contributed by atoms with Gasteiger partial charge in [0.15, 0.2) is 0 Å². The van der Waals surface area contributed by atoms with Gasteiger partial charge in [0.25, 0.3) is 0 Å². The molecule has 72 valence electrons. The maximum Gasteiger partial charge on any atom is -0.00463 e. The van der Waals surface area contributed by atoms with E-state index < -0.39 is 0 Å². The van der Waals surface area contributed by atoms with E-state index in [4.69, 9.17) is 0 Å². The van der Waals surface area contributed by atoms with Crippen LogP contribution in [0.1, 0.15) is 51.9 Å². The molecule has 0 spiro atoms. The Balaban J connectivity index is 1.91. The van der Waals surface area contributed by atoms with Gasteiger partial charge in [0.05, 0.1) is 0 Å². The maximum atomic E-state index is 3.42. The van der Waals surface area contributed by atoms with Gasteiger partial charge in [-0.1, -0.05) is 39.0 Å². The van der Waals surface area contributed by atoms with Crippen LogP contribution in [0.2, 0.25) is 0 Å². The van der Waals surface area contributed by atoms with Gasteiger partial charge in [-0.2, -0.15) is 0 Å². The van der Waals surface area contributed by atoms with Crippen molar-refractivity contribution in [1.29, 1.82) is 0 Å². The van der Waals surface area contributed by atoms with E-state index in [0.29, 0.717) is 0 Å². The van der Waals surface area contributed by atoms with Crippen molar-refractivity contribution in [3.8, 4) is 0 Å².